The summed E-state index contributed by atoms with van der Waals surface area (Å²) in [5.41, 5.74) is 1.06. The Morgan fingerprint density at radius 3 is 2.47 bits per heavy atom. The molecule has 0 aliphatic rings. The Bertz CT molecular complexity index is 332. The molecular formula is C10H18INOSSi. The van der Waals surface area contributed by atoms with Crippen molar-refractivity contribution in [2.75, 3.05) is 0 Å². The van der Waals surface area contributed by atoms with Gasteiger partial charge in [0.15, 0.2) is 11.3 Å². The summed E-state index contributed by atoms with van der Waals surface area (Å²) < 4.78 is 7.16. The highest BCUT2D eigenvalue weighted by Gasteiger charge is 2.37. The molecule has 0 aromatic carbocycles. The molecule has 0 atom stereocenters. The lowest BCUT2D eigenvalue weighted by atomic mass is 10.2. The van der Waals surface area contributed by atoms with Crippen molar-refractivity contribution in [2.45, 2.75) is 45.5 Å². The number of hydrogen-bond donors (Lipinski definition) is 0. The van der Waals surface area contributed by atoms with Crippen LogP contribution < -0.4 is 0 Å². The van der Waals surface area contributed by atoms with E-state index in [9.17, 15) is 0 Å². The van der Waals surface area contributed by atoms with E-state index in [4.69, 9.17) is 4.43 Å². The molecule has 1 heterocycles. The summed E-state index contributed by atoms with van der Waals surface area (Å²) in [5.74, 6) is 0. The van der Waals surface area contributed by atoms with E-state index in [2.05, 4.69) is 66.8 Å². The van der Waals surface area contributed by atoms with Gasteiger partial charge in [0.25, 0.3) is 0 Å². The zero-order chi connectivity index (χ0) is 11.7. The third kappa shape index (κ3) is 3.79. The van der Waals surface area contributed by atoms with Gasteiger partial charge in [0, 0.05) is 5.38 Å². The fraction of sp³-hybridized carbons (Fsp3) is 0.700. The highest BCUT2D eigenvalue weighted by Crippen LogP contribution is 2.37. The van der Waals surface area contributed by atoms with E-state index in [0.717, 1.165) is 8.71 Å². The SMILES string of the molecule is CC(C)(C)[Si](C)(C)OCc1csc(I)n1. The van der Waals surface area contributed by atoms with Crippen molar-refractivity contribution in [3.05, 3.63) is 14.1 Å². The minimum Gasteiger partial charge on any atom is -0.411 e. The Hall–Kier alpha value is 0.537. The van der Waals surface area contributed by atoms with Crippen molar-refractivity contribution in [3.63, 3.8) is 0 Å². The maximum atomic E-state index is 6.07. The molecule has 86 valence electrons. The van der Waals surface area contributed by atoms with E-state index in [-0.39, 0.29) is 5.04 Å². The average molecular weight is 355 g/mol. The molecule has 5 heteroatoms. The van der Waals surface area contributed by atoms with E-state index in [1.807, 2.05) is 0 Å². The standard InChI is InChI=1S/C10H18INOSSi/c1-10(2,3)15(4,5)13-6-8-7-14-9(11)12-8/h7H,6H2,1-5H3. The topological polar surface area (TPSA) is 22.1 Å². The zero-order valence-corrected chi connectivity index (χ0v) is 13.9. The first-order chi connectivity index (χ1) is 6.72. The summed E-state index contributed by atoms with van der Waals surface area (Å²) in [6, 6.07) is 0. The van der Waals surface area contributed by atoms with Gasteiger partial charge in [-0.1, -0.05) is 20.8 Å². The average Bonchev–Trinajstić information content (AvgIpc) is 2.46. The molecule has 0 radical (unpaired) electrons. The van der Waals surface area contributed by atoms with Gasteiger partial charge in [-0.3, -0.25) is 0 Å². The van der Waals surface area contributed by atoms with Crippen molar-refractivity contribution >= 4 is 42.2 Å². The second-order valence-corrected chi connectivity index (χ2v) is 12.6. The molecule has 0 bridgehead atoms. The number of thiazole rings is 1. The van der Waals surface area contributed by atoms with E-state index < -0.39 is 8.32 Å². The van der Waals surface area contributed by atoms with Gasteiger partial charge in [0.05, 0.1) is 12.3 Å². The van der Waals surface area contributed by atoms with Gasteiger partial charge in [0.2, 0.25) is 0 Å². The molecule has 0 fully saturated rings. The summed E-state index contributed by atoms with van der Waals surface area (Å²) in [5, 5.41) is 2.35. The summed E-state index contributed by atoms with van der Waals surface area (Å²) in [6.07, 6.45) is 0. The Morgan fingerprint density at radius 1 is 1.47 bits per heavy atom. The predicted octanol–water partition coefficient (Wildman–Crippen LogP) is 4.27. The smallest absolute Gasteiger partial charge is 0.192 e. The number of halogens is 1. The van der Waals surface area contributed by atoms with Gasteiger partial charge in [0.1, 0.15) is 0 Å². The Morgan fingerprint density at radius 2 is 2.07 bits per heavy atom. The molecule has 0 aliphatic heterocycles. The van der Waals surface area contributed by atoms with Crippen molar-refractivity contribution in [1.82, 2.24) is 4.98 Å². The second kappa shape index (κ2) is 4.81. The molecule has 15 heavy (non-hydrogen) atoms. The summed E-state index contributed by atoms with van der Waals surface area (Å²) >= 11 is 3.91. The first kappa shape index (κ1) is 13.6. The molecule has 1 aromatic rings. The predicted molar refractivity (Wildman–Crippen MR) is 76.8 cm³/mol. The summed E-state index contributed by atoms with van der Waals surface area (Å²) in [4.78, 5) is 4.40. The number of aromatic nitrogens is 1. The largest absolute Gasteiger partial charge is 0.411 e. The van der Waals surface area contributed by atoms with Gasteiger partial charge < -0.3 is 4.43 Å². The van der Waals surface area contributed by atoms with Crippen LogP contribution in [0, 0.1) is 3.01 Å². The normalized spacial score (nSPS) is 13.2. The number of hydrogen-bond acceptors (Lipinski definition) is 3. The maximum Gasteiger partial charge on any atom is 0.192 e. The van der Waals surface area contributed by atoms with Crippen LogP contribution in [0.1, 0.15) is 26.5 Å². The van der Waals surface area contributed by atoms with Crippen molar-refractivity contribution in [3.8, 4) is 0 Å². The fourth-order valence-corrected chi connectivity index (χ4v) is 2.98. The van der Waals surface area contributed by atoms with Gasteiger partial charge in [-0.15, -0.1) is 11.3 Å². The van der Waals surface area contributed by atoms with Crippen molar-refractivity contribution < 1.29 is 4.43 Å². The molecule has 1 aromatic heterocycles. The highest BCUT2D eigenvalue weighted by atomic mass is 127. The summed E-state index contributed by atoms with van der Waals surface area (Å²) in [7, 11) is -1.62. The molecule has 0 unspecified atom stereocenters. The van der Waals surface area contributed by atoms with Gasteiger partial charge in [-0.2, -0.15) is 0 Å². The molecule has 2 nitrogen and oxygen atoms in total. The fourth-order valence-electron chi connectivity index (χ4n) is 0.819. The third-order valence-corrected chi connectivity index (χ3v) is 9.07. The molecule has 0 spiro atoms. The minimum absolute atomic E-state index is 0.274. The molecule has 0 saturated heterocycles. The second-order valence-electron chi connectivity index (χ2n) is 5.14. The molecule has 0 saturated carbocycles. The summed E-state index contributed by atoms with van der Waals surface area (Å²) in [6.45, 7) is 12.0. The van der Waals surface area contributed by atoms with Crippen molar-refractivity contribution in [1.29, 1.82) is 0 Å². The van der Waals surface area contributed by atoms with Crippen LogP contribution in [-0.2, 0) is 11.0 Å². The third-order valence-electron chi connectivity index (χ3n) is 2.91. The van der Waals surface area contributed by atoms with Gasteiger partial charge in [-0.25, -0.2) is 4.98 Å². The number of nitrogens with zero attached hydrogens (tertiary/aromatic N) is 1. The molecular weight excluding hydrogens is 337 g/mol. The van der Waals surface area contributed by atoms with Gasteiger partial charge >= 0.3 is 0 Å². The van der Waals surface area contributed by atoms with Crippen molar-refractivity contribution in [2.24, 2.45) is 0 Å². The van der Waals surface area contributed by atoms with E-state index in [0.29, 0.717) is 6.61 Å². The lowest BCUT2D eigenvalue weighted by molar-refractivity contribution is 0.272. The van der Waals surface area contributed by atoms with Crippen LogP contribution in [0.25, 0.3) is 0 Å². The molecule has 1 rings (SSSR count). The highest BCUT2D eigenvalue weighted by molar-refractivity contribution is 14.1. The van der Waals surface area contributed by atoms with E-state index in [1.165, 1.54) is 0 Å². The quantitative estimate of drug-likeness (QED) is 0.597. The van der Waals surface area contributed by atoms with Crippen LogP contribution in [0.2, 0.25) is 18.1 Å². The first-order valence-electron chi connectivity index (χ1n) is 4.96. The van der Waals surface area contributed by atoms with E-state index in [1.54, 1.807) is 11.3 Å². The lowest BCUT2D eigenvalue weighted by Crippen LogP contribution is -2.40. The number of rotatable bonds is 3. The van der Waals surface area contributed by atoms with Gasteiger partial charge in [-0.05, 0) is 40.7 Å². The van der Waals surface area contributed by atoms with Crippen LogP contribution in [0.4, 0.5) is 0 Å². The van der Waals surface area contributed by atoms with Crippen LogP contribution >= 0.6 is 33.9 Å². The molecule has 0 aliphatic carbocycles. The minimum atomic E-state index is -1.62. The molecule has 0 amide bonds. The Labute approximate surface area is 111 Å². The lowest BCUT2D eigenvalue weighted by Gasteiger charge is -2.35. The maximum absolute atomic E-state index is 6.07. The zero-order valence-electron chi connectivity index (χ0n) is 9.93. The van der Waals surface area contributed by atoms with Crippen LogP contribution in [0.3, 0.4) is 0 Å². The van der Waals surface area contributed by atoms with Crippen LogP contribution in [0.5, 0.6) is 0 Å². The van der Waals surface area contributed by atoms with E-state index >= 15 is 0 Å². The molecule has 0 N–H and O–H groups in total. The Kier molecular flexibility index (Phi) is 4.36. The Balaban J connectivity index is 2.57. The van der Waals surface area contributed by atoms with Crippen LogP contribution in [0.15, 0.2) is 5.38 Å². The first-order valence-corrected chi connectivity index (χ1v) is 9.83. The van der Waals surface area contributed by atoms with Crippen LogP contribution in [-0.4, -0.2) is 13.3 Å². The monoisotopic (exact) mass is 355 g/mol.